The number of aryl methyl sites for hydroxylation is 2. The topological polar surface area (TPSA) is 114 Å². The number of aliphatic imine (C=N–C) groups is 1. The highest BCUT2D eigenvalue weighted by Crippen LogP contribution is 2.30. The third kappa shape index (κ3) is 5.41. The lowest BCUT2D eigenvalue weighted by molar-refractivity contribution is -0.135. The van der Waals surface area contributed by atoms with Gasteiger partial charge in [0.05, 0.1) is 18.3 Å². The number of benzodiazepines with no additional fused rings is 1. The molecule has 1 saturated heterocycles. The van der Waals surface area contributed by atoms with Crippen molar-refractivity contribution in [2.75, 3.05) is 29.9 Å². The Labute approximate surface area is 211 Å². The fourth-order valence-electron chi connectivity index (χ4n) is 4.90. The van der Waals surface area contributed by atoms with E-state index in [1.54, 1.807) is 17.9 Å². The number of carbonyl (C=O) groups is 3. The SMILES string of the molecule is CC1=N[C@@H](NC(=O)Nc2cccc(C)c2)C(=O)N(CC(=O)N2CCCC[C@H]2CO)c2c(C)cccc21. The number of nitrogens with one attached hydrogen (secondary N) is 2. The summed E-state index contributed by atoms with van der Waals surface area (Å²) in [5.41, 5.74) is 4.34. The summed E-state index contributed by atoms with van der Waals surface area (Å²) >= 11 is 0. The van der Waals surface area contributed by atoms with Gasteiger partial charge in [-0.3, -0.25) is 19.5 Å². The van der Waals surface area contributed by atoms with Crippen LogP contribution in [0.2, 0.25) is 0 Å². The van der Waals surface area contributed by atoms with Gasteiger partial charge in [0, 0.05) is 23.5 Å². The van der Waals surface area contributed by atoms with E-state index in [0.29, 0.717) is 23.6 Å². The van der Waals surface area contributed by atoms with Gasteiger partial charge in [-0.05, 0) is 63.3 Å². The van der Waals surface area contributed by atoms with Crippen LogP contribution in [0, 0.1) is 13.8 Å². The van der Waals surface area contributed by atoms with Crippen LogP contribution in [0.5, 0.6) is 0 Å². The first-order valence-corrected chi connectivity index (χ1v) is 12.3. The van der Waals surface area contributed by atoms with Gasteiger partial charge in [0.2, 0.25) is 12.1 Å². The Morgan fingerprint density at radius 3 is 2.64 bits per heavy atom. The quantitative estimate of drug-likeness (QED) is 0.597. The summed E-state index contributed by atoms with van der Waals surface area (Å²) in [5, 5.41) is 15.2. The van der Waals surface area contributed by atoms with Crippen LogP contribution in [0.15, 0.2) is 47.5 Å². The number of hydrogen-bond acceptors (Lipinski definition) is 5. The zero-order valence-corrected chi connectivity index (χ0v) is 21.0. The van der Waals surface area contributed by atoms with Crippen LogP contribution in [-0.4, -0.2) is 65.5 Å². The van der Waals surface area contributed by atoms with Crippen LogP contribution < -0.4 is 15.5 Å². The molecular formula is C27H33N5O4. The molecule has 9 nitrogen and oxygen atoms in total. The second kappa shape index (κ2) is 10.9. The zero-order valence-electron chi connectivity index (χ0n) is 21.0. The van der Waals surface area contributed by atoms with Crippen LogP contribution in [0.25, 0.3) is 0 Å². The summed E-state index contributed by atoms with van der Waals surface area (Å²) in [6.45, 7) is 5.82. The largest absolute Gasteiger partial charge is 0.394 e. The molecule has 0 aliphatic carbocycles. The number of rotatable bonds is 5. The number of nitrogens with zero attached hydrogens (tertiary/aromatic N) is 3. The molecule has 0 spiro atoms. The first kappa shape index (κ1) is 25.4. The average Bonchev–Trinajstić information content (AvgIpc) is 2.95. The van der Waals surface area contributed by atoms with Crippen LogP contribution in [-0.2, 0) is 9.59 Å². The Morgan fingerprint density at radius 1 is 1.11 bits per heavy atom. The number of fused-ring (bicyclic) bond motifs is 1. The van der Waals surface area contributed by atoms with Gasteiger partial charge in [-0.1, -0.05) is 30.3 Å². The van der Waals surface area contributed by atoms with E-state index in [4.69, 9.17) is 0 Å². The highest BCUT2D eigenvalue weighted by Gasteiger charge is 2.36. The van der Waals surface area contributed by atoms with Crippen molar-refractivity contribution in [3.63, 3.8) is 0 Å². The highest BCUT2D eigenvalue weighted by molar-refractivity contribution is 6.14. The molecule has 9 heteroatoms. The molecule has 2 heterocycles. The number of piperidine rings is 1. The number of anilines is 2. The van der Waals surface area contributed by atoms with Crippen molar-refractivity contribution in [3.05, 3.63) is 59.2 Å². The van der Waals surface area contributed by atoms with Crippen molar-refractivity contribution in [1.29, 1.82) is 0 Å². The summed E-state index contributed by atoms with van der Waals surface area (Å²) in [6, 6.07) is 12.1. The van der Waals surface area contributed by atoms with E-state index in [1.165, 1.54) is 4.90 Å². The van der Waals surface area contributed by atoms with Crippen molar-refractivity contribution in [3.8, 4) is 0 Å². The first-order chi connectivity index (χ1) is 17.3. The van der Waals surface area contributed by atoms with Crippen LogP contribution in [0.4, 0.5) is 16.2 Å². The van der Waals surface area contributed by atoms with Crippen molar-refractivity contribution >= 4 is 34.9 Å². The maximum atomic E-state index is 13.8. The van der Waals surface area contributed by atoms with E-state index in [1.807, 2.05) is 50.2 Å². The van der Waals surface area contributed by atoms with Crippen LogP contribution >= 0.6 is 0 Å². The van der Waals surface area contributed by atoms with E-state index in [9.17, 15) is 19.5 Å². The highest BCUT2D eigenvalue weighted by atomic mass is 16.3. The van der Waals surface area contributed by atoms with Crippen molar-refractivity contribution in [1.82, 2.24) is 10.2 Å². The number of aliphatic hydroxyl groups excluding tert-OH is 1. The average molecular weight is 492 g/mol. The maximum absolute atomic E-state index is 13.8. The number of carbonyl (C=O) groups excluding carboxylic acids is 3. The van der Waals surface area contributed by atoms with E-state index in [-0.39, 0.29) is 25.1 Å². The van der Waals surface area contributed by atoms with Gasteiger partial charge in [-0.25, -0.2) is 4.79 Å². The summed E-state index contributed by atoms with van der Waals surface area (Å²) in [5.74, 6) is -0.730. The summed E-state index contributed by atoms with van der Waals surface area (Å²) in [4.78, 5) is 47.6. The number of hydrogen-bond donors (Lipinski definition) is 3. The van der Waals surface area contributed by atoms with Crippen LogP contribution in [0.1, 0.15) is 42.9 Å². The molecule has 2 aromatic carbocycles. The van der Waals surface area contributed by atoms with E-state index >= 15 is 0 Å². The molecule has 36 heavy (non-hydrogen) atoms. The fraction of sp³-hybridized carbons (Fsp3) is 0.407. The second-order valence-electron chi connectivity index (χ2n) is 9.40. The van der Waals surface area contributed by atoms with E-state index in [2.05, 4.69) is 15.6 Å². The number of urea groups is 1. The zero-order chi connectivity index (χ0) is 25.8. The predicted octanol–water partition coefficient (Wildman–Crippen LogP) is 2.98. The number of aliphatic hydroxyl groups is 1. The van der Waals surface area contributed by atoms with Gasteiger partial charge in [-0.2, -0.15) is 0 Å². The Kier molecular flexibility index (Phi) is 7.69. The molecule has 1 fully saturated rings. The molecule has 2 aliphatic heterocycles. The Balaban J connectivity index is 1.62. The van der Waals surface area contributed by atoms with E-state index in [0.717, 1.165) is 36.0 Å². The molecule has 2 atom stereocenters. The number of para-hydroxylation sites is 1. The van der Waals surface area contributed by atoms with Gasteiger partial charge in [0.25, 0.3) is 5.91 Å². The summed E-state index contributed by atoms with van der Waals surface area (Å²) < 4.78 is 0. The Morgan fingerprint density at radius 2 is 1.89 bits per heavy atom. The molecule has 0 bridgehead atoms. The predicted molar refractivity (Wildman–Crippen MR) is 139 cm³/mol. The third-order valence-corrected chi connectivity index (χ3v) is 6.72. The van der Waals surface area contributed by atoms with Gasteiger partial charge < -0.3 is 20.6 Å². The number of amides is 4. The third-order valence-electron chi connectivity index (χ3n) is 6.72. The number of likely N-dealkylation sites (tertiary alicyclic amines) is 1. The molecular weight excluding hydrogens is 458 g/mol. The lowest BCUT2D eigenvalue weighted by Crippen LogP contribution is -2.54. The fourth-order valence-corrected chi connectivity index (χ4v) is 4.90. The summed E-state index contributed by atoms with van der Waals surface area (Å²) in [7, 11) is 0. The van der Waals surface area contributed by atoms with Crippen molar-refractivity contribution < 1.29 is 19.5 Å². The van der Waals surface area contributed by atoms with Gasteiger partial charge >= 0.3 is 6.03 Å². The Hall–Kier alpha value is -3.72. The molecule has 2 aliphatic rings. The first-order valence-electron chi connectivity index (χ1n) is 12.3. The molecule has 190 valence electrons. The lowest BCUT2D eigenvalue weighted by Gasteiger charge is -2.36. The molecule has 2 aromatic rings. The van der Waals surface area contributed by atoms with Crippen LogP contribution in [0.3, 0.4) is 0 Å². The van der Waals surface area contributed by atoms with Crippen molar-refractivity contribution in [2.45, 2.75) is 52.2 Å². The molecule has 0 radical (unpaired) electrons. The molecule has 3 N–H and O–H groups in total. The second-order valence-corrected chi connectivity index (χ2v) is 9.40. The van der Waals surface area contributed by atoms with Gasteiger partial charge in [0.1, 0.15) is 6.54 Å². The van der Waals surface area contributed by atoms with Gasteiger partial charge in [0.15, 0.2) is 0 Å². The molecule has 4 amide bonds. The summed E-state index contributed by atoms with van der Waals surface area (Å²) in [6.07, 6.45) is 1.34. The standard InChI is InChI=1S/C27H33N5O4/c1-17-8-6-10-20(14-17)29-27(36)30-25-26(35)32(15-23(34)31-13-5-4-11-21(31)16-33)24-18(2)9-7-12-22(24)19(3)28-25/h6-10,12,14,21,25,33H,4-5,11,13,15-16H2,1-3H3,(H2,29,30,36)/t21-,25-/m0/s1. The van der Waals surface area contributed by atoms with Crippen molar-refractivity contribution in [2.24, 2.45) is 4.99 Å². The Bertz CT molecular complexity index is 1190. The monoisotopic (exact) mass is 491 g/mol. The van der Waals surface area contributed by atoms with Gasteiger partial charge in [-0.15, -0.1) is 0 Å². The molecule has 0 unspecified atom stereocenters. The normalized spacial score (nSPS) is 19.8. The minimum Gasteiger partial charge on any atom is -0.394 e. The molecule has 4 rings (SSSR count). The smallest absolute Gasteiger partial charge is 0.321 e. The lowest BCUT2D eigenvalue weighted by atomic mass is 10.0. The minimum atomic E-state index is -1.20. The number of benzene rings is 2. The molecule has 0 aromatic heterocycles. The molecule has 0 saturated carbocycles. The maximum Gasteiger partial charge on any atom is 0.321 e. The minimum absolute atomic E-state index is 0.110. The van der Waals surface area contributed by atoms with E-state index < -0.39 is 18.1 Å².